The standard InChI is InChI=1S/C14H20FNO/c1-14(15,12-7-9-16-10-8-12)11-3-5-13(17-2)6-4-11/h3-6,12,16H,7-10H2,1-2H3. The highest BCUT2D eigenvalue weighted by Crippen LogP contribution is 2.39. The minimum Gasteiger partial charge on any atom is -0.497 e. The quantitative estimate of drug-likeness (QED) is 0.872. The first-order valence-corrected chi connectivity index (χ1v) is 6.19. The van der Waals surface area contributed by atoms with Gasteiger partial charge in [0.25, 0.3) is 0 Å². The molecule has 0 spiro atoms. The third kappa shape index (κ3) is 2.60. The summed E-state index contributed by atoms with van der Waals surface area (Å²) < 4.78 is 20.0. The second-order valence-corrected chi connectivity index (χ2v) is 4.83. The van der Waals surface area contributed by atoms with Crippen LogP contribution in [0.5, 0.6) is 5.75 Å². The normalized spacial score (nSPS) is 20.9. The molecule has 2 nitrogen and oxygen atoms in total. The Morgan fingerprint density at radius 2 is 1.82 bits per heavy atom. The van der Waals surface area contributed by atoms with Crippen molar-refractivity contribution < 1.29 is 9.13 Å². The molecule has 1 aromatic carbocycles. The van der Waals surface area contributed by atoms with Crippen LogP contribution in [0, 0.1) is 5.92 Å². The molecule has 1 fully saturated rings. The molecule has 1 unspecified atom stereocenters. The molecule has 1 aliphatic heterocycles. The van der Waals surface area contributed by atoms with Gasteiger partial charge in [0.05, 0.1) is 7.11 Å². The van der Waals surface area contributed by atoms with Gasteiger partial charge >= 0.3 is 0 Å². The molecule has 94 valence electrons. The van der Waals surface area contributed by atoms with E-state index in [2.05, 4.69) is 5.32 Å². The maximum atomic E-state index is 14.9. The SMILES string of the molecule is COc1ccc(C(C)(F)C2CCNCC2)cc1. The minimum atomic E-state index is -1.24. The summed E-state index contributed by atoms with van der Waals surface area (Å²) in [6, 6.07) is 7.32. The number of hydrogen-bond acceptors (Lipinski definition) is 2. The van der Waals surface area contributed by atoms with Crippen molar-refractivity contribution in [1.29, 1.82) is 0 Å². The number of benzene rings is 1. The average Bonchev–Trinajstić information content (AvgIpc) is 2.40. The number of halogens is 1. The highest BCUT2D eigenvalue weighted by atomic mass is 19.1. The highest BCUT2D eigenvalue weighted by molar-refractivity contribution is 5.31. The van der Waals surface area contributed by atoms with Gasteiger partial charge in [0.1, 0.15) is 11.4 Å². The number of ether oxygens (including phenoxy) is 1. The number of piperidine rings is 1. The van der Waals surface area contributed by atoms with Gasteiger partial charge in [0, 0.05) is 0 Å². The van der Waals surface area contributed by atoms with Crippen molar-refractivity contribution in [1.82, 2.24) is 5.32 Å². The van der Waals surface area contributed by atoms with Crippen LogP contribution in [-0.2, 0) is 5.67 Å². The second kappa shape index (κ2) is 5.05. The summed E-state index contributed by atoms with van der Waals surface area (Å²) in [5, 5.41) is 3.27. The molecular weight excluding hydrogens is 217 g/mol. The van der Waals surface area contributed by atoms with Crippen molar-refractivity contribution in [2.24, 2.45) is 5.92 Å². The molecule has 0 aliphatic carbocycles. The van der Waals surface area contributed by atoms with Gasteiger partial charge in [-0.15, -0.1) is 0 Å². The fourth-order valence-electron chi connectivity index (χ4n) is 2.52. The number of hydrogen-bond donors (Lipinski definition) is 1. The zero-order valence-corrected chi connectivity index (χ0v) is 10.5. The summed E-state index contributed by atoms with van der Waals surface area (Å²) in [5.41, 5.74) is -0.487. The van der Waals surface area contributed by atoms with Crippen LogP contribution in [-0.4, -0.2) is 20.2 Å². The molecule has 0 bridgehead atoms. The molecule has 0 aromatic heterocycles. The first kappa shape index (κ1) is 12.4. The van der Waals surface area contributed by atoms with Crippen LogP contribution in [0.3, 0.4) is 0 Å². The van der Waals surface area contributed by atoms with E-state index in [4.69, 9.17) is 4.74 Å². The molecule has 2 rings (SSSR count). The Balaban J connectivity index is 2.17. The van der Waals surface area contributed by atoms with Gasteiger partial charge in [0.15, 0.2) is 0 Å². The van der Waals surface area contributed by atoms with Crippen LogP contribution in [0.15, 0.2) is 24.3 Å². The van der Waals surface area contributed by atoms with E-state index >= 15 is 0 Å². The lowest BCUT2D eigenvalue weighted by molar-refractivity contribution is 0.0772. The lowest BCUT2D eigenvalue weighted by Gasteiger charge is -2.34. The van der Waals surface area contributed by atoms with E-state index in [1.165, 1.54) is 0 Å². The van der Waals surface area contributed by atoms with E-state index in [-0.39, 0.29) is 5.92 Å². The Morgan fingerprint density at radius 3 is 2.35 bits per heavy atom. The van der Waals surface area contributed by atoms with Crippen molar-refractivity contribution in [2.75, 3.05) is 20.2 Å². The van der Waals surface area contributed by atoms with E-state index in [0.717, 1.165) is 37.2 Å². The Hall–Kier alpha value is -1.09. The largest absolute Gasteiger partial charge is 0.497 e. The van der Waals surface area contributed by atoms with Crippen LogP contribution in [0.4, 0.5) is 4.39 Å². The van der Waals surface area contributed by atoms with E-state index in [9.17, 15) is 4.39 Å². The smallest absolute Gasteiger partial charge is 0.136 e. The summed E-state index contributed by atoms with van der Waals surface area (Å²) in [6.45, 7) is 3.53. The van der Waals surface area contributed by atoms with Crippen molar-refractivity contribution in [3.8, 4) is 5.75 Å². The Kier molecular flexibility index (Phi) is 3.67. The van der Waals surface area contributed by atoms with Gasteiger partial charge in [-0.25, -0.2) is 4.39 Å². The van der Waals surface area contributed by atoms with Gasteiger partial charge in [-0.2, -0.15) is 0 Å². The lowest BCUT2D eigenvalue weighted by atomic mass is 9.79. The summed E-state index contributed by atoms with van der Waals surface area (Å²) in [4.78, 5) is 0. The first-order valence-electron chi connectivity index (χ1n) is 6.19. The molecule has 0 amide bonds. The van der Waals surface area contributed by atoms with Crippen LogP contribution in [0.2, 0.25) is 0 Å². The molecular formula is C14H20FNO. The lowest BCUT2D eigenvalue weighted by Crippen LogP contribution is -2.37. The topological polar surface area (TPSA) is 21.3 Å². The van der Waals surface area contributed by atoms with Crippen molar-refractivity contribution in [2.45, 2.75) is 25.4 Å². The van der Waals surface area contributed by atoms with E-state index in [1.54, 1.807) is 14.0 Å². The molecule has 1 heterocycles. The third-order valence-corrected chi connectivity index (χ3v) is 3.76. The fraction of sp³-hybridized carbons (Fsp3) is 0.571. The number of methoxy groups -OCH3 is 1. The molecule has 3 heteroatoms. The predicted molar refractivity (Wildman–Crippen MR) is 67.0 cm³/mol. The molecule has 1 atom stereocenters. The zero-order chi connectivity index (χ0) is 12.3. The first-order chi connectivity index (χ1) is 8.14. The van der Waals surface area contributed by atoms with E-state index in [0.29, 0.717) is 0 Å². The maximum Gasteiger partial charge on any atom is 0.136 e. The monoisotopic (exact) mass is 237 g/mol. The molecule has 17 heavy (non-hydrogen) atoms. The van der Waals surface area contributed by atoms with E-state index < -0.39 is 5.67 Å². The van der Waals surface area contributed by atoms with Gasteiger partial charge in [-0.05, 0) is 56.5 Å². The highest BCUT2D eigenvalue weighted by Gasteiger charge is 2.36. The molecule has 1 saturated heterocycles. The van der Waals surface area contributed by atoms with Crippen LogP contribution >= 0.6 is 0 Å². The summed E-state index contributed by atoms with van der Waals surface area (Å²) >= 11 is 0. The summed E-state index contributed by atoms with van der Waals surface area (Å²) in [7, 11) is 1.62. The van der Waals surface area contributed by atoms with Crippen LogP contribution < -0.4 is 10.1 Å². The summed E-state index contributed by atoms with van der Waals surface area (Å²) in [6.07, 6.45) is 1.80. The number of nitrogens with one attached hydrogen (secondary N) is 1. The Bertz CT molecular complexity index is 355. The maximum absolute atomic E-state index is 14.9. The third-order valence-electron chi connectivity index (χ3n) is 3.76. The minimum absolute atomic E-state index is 0.108. The second-order valence-electron chi connectivity index (χ2n) is 4.83. The molecule has 1 aromatic rings. The van der Waals surface area contributed by atoms with Gasteiger partial charge < -0.3 is 10.1 Å². The van der Waals surface area contributed by atoms with Gasteiger partial charge in [-0.3, -0.25) is 0 Å². The van der Waals surface area contributed by atoms with Crippen molar-refractivity contribution in [3.05, 3.63) is 29.8 Å². The molecule has 1 N–H and O–H groups in total. The molecule has 1 aliphatic rings. The van der Waals surface area contributed by atoms with E-state index in [1.807, 2.05) is 24.3 Å². The molecule has 0 saturated carbocycles. The predicted octanol–water partition coefficient (Wildman–Crippen LogP) is 2.88. The average molecular weight is 237 g/mol. The Labute approximate surface area is 102 Å². The Morgan fingerprint density at radius 1 is 1.24 bits per heavy atom. The summed E-state index contributed by atoms with van der Waals surface area (Å²) in [5.74, 6) is 0.881. The van der Waals surface area contributed by atoms with Crippen molar-refractivity contribution >= 4 is 0 Å². The zero-order valence-electron chi connectivity index (χ0n) is 10.5. The number of rotatable bonds is 3. The van der Waals surface area contributed by atoms with Gasteiger partial charge in [-0.1, -0.05) is 12.1 Å². The van der Waals surface area contributed by atoms with Crippen molar-refractivity contribution in [3.63, 3.8) is 0 Å². The van der Waals surface area contributed by atoms with Crippen LogP contribution in [0.1, 0.15) is 25.3 Å². The van der Waals surface area contributed by atoms with Crippen LogP contribution in [0.25, 0.3) is 0 Å². The molecule has 0 radical (unpaired) electrons. The van der Waals surface area contributed by atoms with Gasteiger partial charge in [0.2, 0.25) is 0 Å². The fourth-order valence-corrected chi connectivity index (χ4v) is 2.52. The number of alkyl halides is 1.